The molecule has 1 aromatic heterocycles. The minimum Gasteiger partial charge on any atom is -0.508 e. The number of piperazine rings is 1. The molecule has 3 aliphatic heterocycles. The fourth-order valence-electron chi connectivity index (χ4n) is 6.61. The van der Waals surface area contributed by atoms with E-state index in [1.807, 2.05) is 17.0 Å². The number of amides is 1. The molecule has 4 heterocycles. The lowest BCUT2D eigenvalue weighted by molar-refractivity contribution is 0.0224. The Morgan fingerprint density at radius 1 is 0.826 bits per heavy atom. The van der Waals surface area contributed by atoms with Crippen molar-refractivity contribution in [3.63, 3.8) is 0 Å². The van der Waals surface area contributed by atoms with Gasteiger partial charge in [-0.2, -0.15) is 0 Å². The largest absolute Gasteiger partial charge is 0.508 e. The molecular weight excluding hydrogens is 668 g/mol. The smallest absolute Gasteiger partial charge is 0.340 e. The second-order valence-electron chi connectivity index (χ2n) is 11.6. The van der Waals surface area contributed by atoms with Crippen LogP contribution in [0.3, 0.4) is 0 Å². The van der Waals surface area contributed by atoms with Crippen LogP contribution in [-0.4, -0.2) is 58.1 Å². The molecule has 1 amide bonds. The van der Waals surface area contributed by atoms with E-state index in [2.05, 4.69) is 45.1 Å². The average Bonchev–Trinajstić information content (AvgIpc) is 3.63. The predicted molar refractivity (Wildman–Crippen MR) is 177 cm³/mol. The highest BCUT2D eigenvalue weighted by Gasteiger charge is 2.53. The second-order valence-corrected chi connectivity index (χ2v) is 13.7. The van der Waals surface area contributed by atoms with Gasteiger partial charge in [0.05, 0.1) is 5.56 Å². The van der Waals surface area contributed by atoms with Gasteiger partial charge in [-0.15, -0.1) is 11.3 Å². The van der Waals surface area contributed by atoms with Gasteiger partial charge in [0.25, 0.3) is 5.91 Å². The number of hydrogen-bond donors (Lipinski definition) is 2. The van der Waals surface area contributed by atoms with Crippen LogP contribution in [0, 0.1) is 0 Å². The third-order valence-corrected chi connectivity index (χ3v) is 10.4. The number of thiophene rings is 1. The van der Waals surface area contributed by atoms with Gasteiger partial charge in [0.15, 0.2) is 5.60 Å². The first kappa shape index (κ1) is 28.8. The van der Waals surface area contributed by atoms with Crippen molar-refractivity contribution in [2.75, 3.05) is 26.2 Å². The lowest BCUT2D eigenvalue weighted by Crippen LogP contribution is -2.48. The molecule has 46 heavy (non-hydrogen) atoms. The minimum absolute atomic E-state index is 0.0104. The molecular formula is C36H27BrN2O6S. The van der Waals surface area contributed by atoms with Gasteiger partial charge in [-0.05, 0) is 66.2 Å². The summed E-state index contributed by atoms with van der Waals surface area (Å²) in [7, 11) is 0. The van der Waals surface area contributed by atoms with Gasteiger partial charge >= 0.3 is 5.97 Å². The highest BCUT2D eigenvalue weighted by molar-refractivity contribution is 9.10. The van der Waals surface area contributed by atoms with Crippen LogP contribution in [0.15, 0.2) is 95.5 Å². The Labute approximate surface area is 277 Å². The van der Waals surface area contributed by atoms with Crippen molar-refractivity contribution in [3.05, 3.63) is 128 Å². The number of benzene rings is 4. The summed E-state index contributed by atoms with van der Waals surface area (Å²) in [5.41, 5.74) is 2.20. The van der Waals surface area contributed by atoms with Crippen LogP contribution in [0.1, 0.15) is 42.3 Å². The van der Waals surface area contributed by atoms with E-state index in [0.717, 1.165) is 24.1 Å². The molecule has 2 N–H and O–H groups in total. The number of carbonyl (C=O) groups excluding carboxylic acids is 2. The minimum atomic E-state index is -1.36. The van der Waals surface area contributed by atoms with Crippen molar-refractivity contribution in [1.82, 2.24) is 9.80 Å². The first-order valence-corrected chi connectivity index (χ1v) is 16.5. The van der Waals surface area contributed by atoms with E-state index < -0.39 is 11.6 Å². The lowest BCUT2D eigenvalue weighted by atomic mass is 9.77. The zero-order valence-corrected chi connectivity index (χ0v) is 26.8. The molecule has 8 rings (SSSR count). The summed E-state index contributed by atoms with van der Waals surface area (Å²) < 4.78 is 13.2. The Morgan fingerprint density at radius 3 is 2.22 bits per heavy atom. The topological polar surface area (TPSA) is 99.5 Å². The Morgan fingerprint density at radius 2 is 1.52 bits per heavy atom. The van der Waals surface area contributed by atoms with Crippen molar-refractivity contribution in [3.8, 4) is 33.4 Å². The normalized spacial score (nSPS) is 16.4. The first-order valence-electron chi connectivity index (χ1n) is 14.9. The molecule has 0 unspecified atom stereocenters. The maximum atomic E-state index is 13.7. The molecule has 0 radical (unpaired) electrons. The van der Waals surface area contributed by atoms with Gasteiger partial charge in [-0.25, -0.2) is 4.79 Å². The van der Waals surface area contributed by atoms with E-state index in [1.54, 1.807) is 41.7 Å². The van der Waals surface area contributed by atoms with E-state index in [1.165, 1.54) is 39.6 Å². The van der Waals surface area contributed by atoms with Gasteiger partial charge in [-0.1, -0.05) is 34.1 Å². The van der Waals surface area contributed by atoms with Crippen LogP contribution in [-0.2, 0) is 16.9 Å². The van der Waals surface area contributed by atoms with Crippen LogP contribution < -0.4 is 4.74 Å². The number of carbonyl (C=O) groups is 2. The number of fused-ring (bicyclic) bond motifs is 6. The number of aromatic hydroxyl groups is 2. The van der Waals surface area contributed by atoms with Crippen LogP contribution >= 0.6 is 27.3 Å². The van der Waals surface area contributed by atoms with Gasteiger partial charge in [0, 0.05) is 81.3 Å². The van der Waals surface area contributed by atoms with Gasteiger partial charge < -0.3 is 24.6 Å². The summed E-state index contributed by atoms with van der Waals surface area (Å²) in [6.07, 6.45) is 0. The molecule has 5 aromatic rings. The van der Waals surface area contributed by atoms with Crippen LogP contribution in [0.4, 0.5) is 0 Å². The number of hydrogen-bond acceptors (Lipinski definition) is 8. The molecule has 8 nitrogen and oxygen atoms in total. The van der Waals surface area contributed by atoms with Crippen LogP contribution in [0.5, 0.6) is 23.0 Å². The number of esters is 1. The molecule has 10 heteroatoms. The number of halogens is 1. The average molecular weight is 696 g/mol. The summed E-state index contributed by atoms with van der Waals surface area (Å²) in [4.78, 5) is 33.9. The number of rotatable bonds is 4. The first-order chi connectivity index (χ1) is 22.3. The van der Waals surface area contributed by atoms with Crippen molar-refractivity contribution >= 4 is 39.1 Å². The fraction of sp³-hybridized carbons (Fsp3) is 0.167. The van der Waals surface area contributed by atoms with Crippen LogP contribution in [0.2, 0.25) is 0 Å². The Kier molecular flexibility index (Phi) is 6.89. The molecule has 0 atom stereocenters. The van der Waals surface area contributed by atoms with E-state index in [9.17, 15) is 19.8 Å². The molecule has 4 aromatic carbocycles. The molecule has 0 aliphatic carbocycles. The standard InChI is InChI=1S/C36H27BrN2O6S/c37-23-3-1-2-21(16-23)33-11-7-26(46-33)20-38-12-14-39(15-13-38)34(42)22-4-8-28-27(17-22)35(43)45-36(28)29-9-5-24(40)18-31(29)44-32-19-25(41)6-10-30(32)36/h1-11,16-19,40-41H,12-15,20H2. The predicted octanol–water partition coefficient (Wildman–Crippen LogP) is 7.11. The number of phenolic OH excluding ortho intramolecular Hbond substituents is 2. The zero-order valence-electron chi connectivity index (χ0n) is 24.4. The monoisotopic (exact) mass is 694 g/mol. The maximum absolute atomic E-state index is 13.7. The van der Waals surface area contributed by atoms with Crippen molar-refractivity contribution in [1.29, 1.82) is 0 Å². The highest BCUT2D eigenvalue weighted by Crippen LogP contribution is 2.57. The van der Waals surface area contributed by atoms with E-state index >= 15 is 0 Å². The van der Waals surface area contributed by atoms with Crippen molar-refractivity contribution in [2.45, 2.75) is 12.1 Å². The summed E-state index contributed by atoms with van der Waals surface area (Å²) in [6, 6.07) is 27.0. The zero-order chi connectivity index (χ0) is 31.6. The molecule has 1 spiro atoms. The van der Waals surface area contributed by atoms with E-state index in [4.69, 9.17) is 9.47 Å². The SMILES string of the molecule is O=C1OC2(c3ccc(O)cc3Oc3cc(O)ccc32)c2ccc(C(=O)N3CCN(Cc4ccc(-c5cccc(Br)c5)s4)CC3)cc21. The fourth-order valence-corrected chi connectivity index (χ4v) is 8.06. The molecule has 1 fully saturated rings. The summed E-state index contributed by atoms with van der Waals surface area (Å²) in [6.45, 7) is 3.49. The number of phenols is 2. The molecule has 3 aliphatic rings. The quantitative estimate of drug-likeness (QED) is 0.193. The number of nitrogens with zero attached hydrogens (tertiary/aromatic N) is 2. The lowest BCUT2D eigenvalue weighted by Gasteiger charge is -2.36. The summed E-state index contributed by atoms with van der Waals surface area (Å²) >= 11 is 5.34. The highest BCUT2D eigenvalue weighted by atomic mass is 79.9. The Balaban J connectivity index is 1.02. The summed E-state index contributed by atoms with van der Waals surface area (Å²) in [5, 5.41) is 20.3. The molecule has 0 saturated carbocycles. The van der Waals surface area contributed by atoms with E-state index in [-0.39, 0.29) is 17.4 Å². The van der Waals surface area contributed by atoms with E-state index in [0.29, 0.717) is 52.4 Å². The van der Waals surface area contributed by atoms with Crippen LogP contribution in [0.25, 0.3) is 10.4 Å². The van der Waals surface area contributed by atoms with Gasteiger partial charge in [0.2, 0.25) is 0 Å². The van der Waals surface area contributed by atoms with Gasteiger partial charge in [0.1, 0.15) is 23.0 Å². The number of ether oxygens (including phenoxy) is 2. The maximum Gasteiger partial charge on any atom is 0.340 e. The molecule has 0 bridgehead atoms. The van der Waals surface area contributed by atoms with Gasteiger partial charge in [-0.3, -0.25) is 9.69 Å². The third-order valence-electron chi connectivity index (χ3n) is 8.83. The third kappa shape index (κ3) is 4.76. The Hall–Kier alpha value is -4.64. The molecule has 230 valence electrons. The Bertz CT molecular complexity index is 2000. The van der Waals surface area contributed by atoms with Crippen molar-refractivity contribution < 1.29 is 29.3 Å². The van der Waals surface area contributed by atoms with Crippen molar-refractivity contribution in [2.24, 2.45) is 0 Å². The molecule has 1 saturated heterocycles. The second kappa shape index (κ2) is 11.0. The summed E-state index contributed by atoms with van der Waals surface area (Å²) in [5.74, 6) is -0.0977.